The molecule has 0 bridgehead atoms. The minimum absolute atomic E-state index is 0.200. The van der Waals surface area contributed by atoms with E-state index in [1.165, 1.54) is 30.6 Å². The number of piperidine rings is 1. The monoisotopic (exact) mass is 944 g/mol. The van der Waals surface area contributed by atoms with Crippen molar-refractivity contribution in [2.24, 2.45) is 0 Å². The highest BCUT2D eigenvalue weighted by Crippen LogP contribution is 2.35. The van der Waals surface area contributed by atoms with E-state index in [9.17, 15) is 31.1 Å². The van der Waals surface area contributed by atoms with Gasteiger partial charge in [0.25, 0.3) is 5.91 Å². The van der Waals surface area contributed by atoms with Crippen LogP contribution in [0.5, 0.6) is 5.75 Å². The van der Waals surface area contributed by atoms with Gasteiger partial charge in [-0.2, -0.15) is 13.2 Å². The Morgan fingerprint density at radius 1 is 0.836 bits per heavy atom. The van der Waals surface area contributed by atoms with E-state index in [2.05, 4.69) is 47.4 Å². The normalized spacial score (nSPS) is 14.7. The molecule has 0 unspecified atom stereocenters. The second kappa shape index (κ2) is 20.5. The number of alkyl halides is 6. The van der Waals surface area contributed by atoms with E-state index in [1.54, 1.807) is 34.9 Å². The second-order valence-electron chi connectivity index (χ2n) is 16.1. The van der Waals surface area contributed by atoms with Crippen molar-refractivity contribution in [2.45, 2.75) is 57.7 Å². The lowest BCUT2D eigenvalue weighted by Crippen LogP contribution is -2.37. The number of hydrogen-bond acceptors (Lipinski definition) is 9. The van der Waals surface area contributed by atoms with Gasteiger partial charge in [-0.1, -0.05) is 61.0 Å². The summed E-state index contributed by atoms with van der Waals surface area (Å²) in [4.78, 5) is 30.3. The first-order valence-electron chi connectivity index (χ1n) is 21.8. The van der Waals surface area contributed by atoms with Gasteiger partial charge in [-0.3, -0.25) is 9.20 Å². The number of nitrogens with one attached hydrogen (secondary N) is 2. The fourth-order valence-electron chi connectivity index (χ4n) is 8.37. The van der Waals surface area contributed by atoms with E-state index in [-0.39, 0.29) is 17.6 Å². The maximum Gasteiger partial charge on any atom is 0.573 e. The number of para-hydroxylation sites is 1. The number of aryl methyl sites for hydroxylation is 1. The summed E-state index contributed by atoms with van der Waals surface area (Å²) in [5.41, 5.74) is 6.51. The van der Waals surface area contributed by atoms with Crippen molar-refractivity contribution in [1.29, 1.82) is 0 Å². The SMILES string of the molecule is CCc1nc2ccc(Cl)cn2c1C(=O)NCc1ccc(N2CCC(c3ccc(OC(F)(F)F)cc3)CC2)cc1.FC(F)(F)c1ccc(CNc2ncnc3ccccc23)c(N2CCOCC2)c1. The molecule has 4 aromatic carbocycles. The van der Waals surface area contributed by atoms with Gasteiger partial charge in [-0.15, -0.1) is 13.2 Å². The van der Waals surface area contributed by atoms with Gasteiger partial charge < -0.3 is 29.9 Å². The summed E-state index contributed by atoms with van der Waals surface area (Å²) in [6.45, 7) is 6.51. The number of carbonyl (C=O) groups excluding carboxylic acids is 1. The third-order valence-electron chi connectivity index (χ3n) is 11.8. The number of nitrogens with zero attached hydrogens (tertiary/aromatic N) is 6. The number of hydrogen-bond donors (Lipinski definition) is 2. The van der Waals surface area contributed by atoms with E-state index >= 15 is 0 Å². The van der Waals surface area contributed by atoms with E-state index in [0.29, 0.717) is 73.7 Å². The van der Waals surface area contributed by atoms with Crippen LogP contribution in [0.4, 0.5) is 43.5 Å². The predicted octanol–water partition coefficient (Wildman–Crippen LogP) is 10.9. The molecule has 2 fully saturated rings. The Morgan fingerprint density at radius 3 is 2.27 bits per heavy atom. The smallest absolute Gasteiger partial charge is 0.406 e. The summed E-state index contributed by atoms with van der Waals surface area (Å²) in [6.07, 6.45) is -3.45. The van der Waals surface area contributed by atoms with Crippen molar-refractivity contribution in [3.05, 3.63) is 154 Å². The number of benzene rings is 4. The van der Waals surface area contributed by atoms with E-state index in [0.717, 1.165) is 71.0 Å². The van der Waals surface area contributed by atoms with E-state index in [1.807, 2.05) is 48.2 Å². The van der Waals surface area contributed by atoms with Gasteiger partial charge in [0.2, 0.25) is 0 Å². The van der Waals surface area contributed by atoms with Crippen molar-refractivity contribution in [2.75, 3.05) is 54.5 Å². The van der Waals surface area contributed by atoms with Crippen LogP contribution in [0, 0.1) is 0 Å². The molecule has 11 nitrogen and oxygen atoms in total. The number of aromatic nitrogens is 4. The van der Waals surface area contributed by atoms with Crippen LogP contribution in [-0.2, 0) is 30.4 Å². The summed E-state index contributed by atoms with van der Waals surface area (Å²) in [5.74, 6) is 0.538. The maximum absolute atomic E-state index is 13.2. The quantitative estimate of drug-likeness (QED) is 0.123. The minimum atomic E-state index is -4.68. The molecule has 18 heteroatoms. The summed E-state index contributed by atoms with van der Waals surface area (Å²) < 4.78 is 87.9. The van der Waals surface area contributed by atoms with E-state index in [4.69, 9.17) is 16.3 Å². The molecular formula is C49H47ClF6N8O3. The van der Waals surface area contributed by atoms with Crippen LogP contribution in [0.15, 0.2) is 116 Å². The summed E-state index contributed by atoms with van der Waals surface area (Å²) in [7, 11) is 0. The van der Waals surface area contributed by atoms with Gasteiger partial charge in [-0.25, -0.2) is 15.0 Å². The molecular weight excluding hydrogens is 898 g/mol. The third-order valence-corrected chi connectivity index (χ3v) is 12.0. The van der Waals surface area contributed by atoms with Gasteiger partial charge in [0.05, 0.1) is 35.0 Å². The fraction of sp³-hybridized carbons (Fsp3) is 0.306. The number of amides is 1. The lowest BCUT2D eigenvalue weighted by Gasteiger charge is -2.34. The highest BCUT2D eigenvalue weighted by molar-refractivity contribution is 6.30. The molecule has 2 aliphatic heterocycles. The van der Waals surface area contributed by atoms with Crippen molar-refractivity contribution in [1.82, 2.24) is 24.7 Å². The number of anilines is 3. The Bertz CT molecular complexity index is 2790. The first kappa shape index (κ1) is 46.9. The average Bonchev–Trinajstić information content (AvgIpc) is 3.70. The van der Waals surface area contributed by atoms with Crippen LogP contribution in [0.25, 0.3) is 16.6 Å². The zero-order valence-corrected chi connectivity index (χ0v) is 37.1. The second-order valence-corrected chi connectivity index (χ2v) is 16.5. The molecule has 2 N–H and O–H groups in total. The molecule has 2 aliphatic rings. The minimum Gasteiger partial charge on any atom is -0.406 e. The maximum atomic E-state index is 13.2. The molecule has 2 saturated heterocycles. The van der Waals surface area contributed by atoms with Crippen molar-refractivity contribution >= 4 is 51.3 Å². The number of halogens is 7. The van der Waals surface area contributed by atoms with Crippen LogP contribution < -0.4 is 25.2 Å². The van der Waals surface area contributed by atoms with Crippen LogP contribution in [0.3, 0.4) is 0 Å². The number of fused-ring (bicyclic) bond motifs is 2. The molecule has 0 aliphatic carbocycles. The first-order valence-corrected chi connectivity index (χ1v) is 22.2. The van der Waals surface area contributed by atoms with Gasteiger partial charge in [-0.05, 0) is 103 Å². The highest BCUT2D eigenvalue weighted by atomic mass is 35.5. The molecule has 0 saturated carbocycles. The number of rotatable bonds is 11. The van der Waals surface area contributed by atoms with Crippen LogP contribution >= 0.6 is 11.6 Å². The highest BCUT2D eigenvalue weighted by Gasteiger charge is 2.33. The van der Waals surface area contributed by atoms with Crippen LogP contribution in [-0.4, -0.2) is 71.0 Å². The molecule has 67 heavy (non-hydrogen) atoms. The fourth-order valence-corrected chi connectivity index (χ4v) is 8.53. The Balaban J connectivity index is 0.000000192. The Hall–Kier alpha value is -6.59. The van der Waals surface area contributed by atoms with Gasteiger partial charge in [0, 0.05) is 62.2 Å². The summed E-state index contributed by atoms with van der Waals surface area (Å²) in [5, 5.41) is 7.65. The molecule has 350 valence electrons. The van der Waals surface area contributed by atoms with Gasteiger partial charge in [0.15, 0.2) is 0 Å². The Kier molecular flexibility index (Phi) is 14.4. The van der Waals surface area contributed by atoms with Gasteiger partial charge in [0.1, 0.15) is 29.2 Å². The summed E-state index contributed by atoms with van der Waals surface area (Å²) >= 11 is 6.14. The number of pyridine rings is 1. The molecule has 3 aromatic heterocycles. The third kappa shape index (κ3) is 11.7. The van der Waals surface area contributed by atoms with Crippen molar-refractivity contribution in [3.8, 4) is 5.75 Å². The van der Waals surface area contributed by atoms with Crippen LogP contribution in [0.1, 0.15) is 64.1 Å². The number of morpholine rings is 1. The molecule has 0 spiro atoms. The topological polar surface area (TPSA) is 109 Å². The lowest BCUT2D eigenvalue weighted by atomic mass is 9.89. The number of imidazole rings is 1. The molecule has 9 rings (SSSR count). The van der Waals surface area contributed by atoms with E-state index < -0.39 is 18.1 Å². The molecule has 0 atom stereocenters. The van der Waals surface area contributed by atoms with Crippen molar-refractivity contribution < 1.29 is 40.6 Å². The molecule has 1 amide bonds. The zero-order chi connectivity index (χ0) is 47.1. The lowest BCUT2D eigenvalue weighted by molar-refractivity contribution is -0.274. The molecule has 0 radical (unpaired) electrons. The number of ether oxygens (including phenoxy) is 2. The van der Waals surface area contributed by atoms with Crippen LogP contribution in [0.2, 0.25) is 5.02 Å². The molecule has 7 aromatic rings. The number of carbonyl (C=O) groups is 1. The first-order chi connectivity index (χ1) is 32.2. The van der Waals surface area contributed by atoms with Crippen molar-refractivity contribution in [3.63, 3.8) is 0 Å². The Labute approximate surface area is 387 Å². The molecule has 5 heterocycles. The predicted molar refractivity (Wildman–Crippen MR) is 246 cm³/mol. The average molecular weight is 945 g/mol. The Morgan fingerprint density at radius 2 is 1.57 bits per heavy atom. The standard InChI is InChI=1S/C29H28ClF3N4O2.C20H19F3N4O/c1-2-25-27(37-18-22(30)7-12-26(37)35-25)28(38)34-17-19-3-8-23(9-4-19)36-15-13-21(14-16-36)20-5-10-24(11-6-20)39-29(31,32)33;21-20(22,23)15-6-5-14(18(11-15)27-7-9-28-10-8-27)12-24-19-16-3-1-2-4-17(16)25-13-26-19/h3-12,18,21H,2,13-17H2,1H3,(H,34,38);1-6,11,13H,7-10,12H2,(H,24,25,26). The largest absolute Gasteiger partial charge is 0.573 e. The van der Waals surface area contributed by atoms with Gasteiger partial charge >= 0.3 is 12.5 Å². The zero-order valence-electron chi connectivity index (χ0n) is 36.4. The summed E-state index contributed by atoms with van der Waals surface area (Å²) in [6, 6.07) is 29.3.